The van der Waals surface area contributed by atoms with Gasteiger partial charge in [-0.3, -0.25) is 9.10 Å². The van der Waals surface area contributed by atoms with Crippen LogP contribution in [0.3, 0.4) is 0 Å². The molecule has 11 heteroatoms. The molecule has 0 aliphatic carbocycles. The number of nitrogens with zero attached hydrogens (tertiary/aromatic N) is 1. The van der Waals surface area contributed by atoms with Crippen molar-refractivity contribution in [2.45, 2.75) is 4.90 Å². The fourth-order valence-corrected chi connectivity index (χ4v) is 6.58. The molecule has 0 radical (unpaired) electrons. The van der Waals surface area contributed by atoms with Crippen LogP contribution < -0.4 is 19.1 Å². The van der Waals surface area contributed by atoms with Crippen LogP contribution in [0, 0.1) is 0 Å². The van der Waals surface area contributed by atoms with E-state index in [0.29, 0.717) is 43.9 Å². The number of rotatable bonds is 8. The van der Waals surface area contributed by atoms with Crippen LogP contribution >= 0.6 is 34.5 Å². The summed E-state index contributed by atoms with van der Waals surface area (Å²) in [7, 11) is -0.985. The molecule has 7 nitrogen and oxygen atoms in total. The molecule has 40 heavy (non-hydrogen) atoms. The normalized spacial score (nSPS) is 11.3. The van der Waals surface area contributed by atoms with Gasteiger partial charge in [0, 0.05) is 16.8 Å². The Bertz CT molecular complexity index is 1830. The molecule has 1 amide bonds. The van der Waals surface area contributed by atoms with Crippen LogP contribution in [0.1, 0.15) is 9.67 Å². The largest absolute Gasteiger partial charge is 0.495 e. The van der Waals surface area contributed by atoms with Gasteiger partial charge in [0.05, 0.1) is 33.3 Å². The molecule has 4 aromatic carbocycles. The van der Waals surface area contributed by atoms with Crippen LogP contribution in [-0.2, 0) is 10.0 Å². The fourth-order valence-electron chi connectivity index (χ4n) is 3.93. The highest BCUT2D eigenvalue weighted by Gasteiger charge is 2.23. The number of hydrogen-bond acceptors (Lipinski definition) is 6. The van der Waals surface area contributed by atoms with Crippen LogP contribution in [0.15, 0.2) is 95.9 Å². The molecule has 5 aromatic rings. The molecule has 1 N–H and O–H groups in total. The zero-order valence-corrected chi connectivity index (χ0v) is 24.4. The molecule has 1 heterocycles. The third-order valence-electron chi connectivity index (χ3n) is 6.03. The number of para-hydroxylation sites is 1. The first kappa shape index (κ1) is 27.8. The number of methoxy groups -OCH3 is 1. The minimum Gasteiger partial charge on any atom is -0.495 e. The lowest BCUT2D eigenvalue weighted by atomic mass is 10.2. The predicted octanol–water partition coefficient (Wildman–Crippen LogP) is 8.09. The van der Waals surface area contributed by atoms with Crippen molar-refractivity contribution in [2.75, 3.05) is 23.8 Å². The van der Waals surface area contributed by atoms with E-state index in [0.717, 1.165) is 4.70 Å². The lowest BCUT2D eigenvalue weighted by Crippen LogP contribution is -2.26. The number of nitrogens with one attached hydrogen (secondary N) is 1. The van der Waals surface area contributed by atoms with Crippen molar-refractivity contribution in [3.05, 3.63) is 106 Å². The van der Waals surface area contributed by atoms with E-state index >= 15 is 0 Å². The first-order valence-electron chi connectivity index (χ1n) is 11.9. The fraction of sp³-hybridized carbons (Fsp3) is 0.0690. The van der Waals surface area contributed by atoms with Gasteiger partial charge in [0.15, 0.2) is 5.75 Å². The molecule has 204 valence electrons. The molecule has 0 spiro atoms. The van der Waals surface area contributed by atoms with Crippen LogP contribution in [0.2, 0.25) is 10.0 Å². The van der Waals surface area contributed by atoms with Gasteiger partial charge < -0.3 is 14.8 Å². The Hall–Kier alpha value is -3.76. The maximum absolute atomic E-state index is 13.3. The number of benzene rings is 4. The monoisotopic (exact) mass is 612 g/mol. The minimum atomic E-state index is -3.90. The number of carbonyl (C=O) groups is 1. The van der Waals surface area contributed by atoms with E-state index in [2.05, 4.69) is 5.32 Å². The molecule has 0 saturated carbocycles. The smallest absolute Gasteiger partial charge is 0.265 e. The summed E-state index contributed by atoms with van der Waals surface area (Å²) >= 11 is 13.6. The Labute approximate surface area is 245 Å². The average Bonchev–Trinajstić information content (AvgIpc) is 3.38. The van der Waals surface area contributed by atoms with E-state index in [1.807, 2.05) is 30.3 Å². The number of ether oxygens (including phenoxy) is 2. The number of hydrogen-bond donors (Lipinski definition) is 1. The highest BCUT2D eigenvalue weighted by molar-refractivity contribution is 7.92. The van der Waals surface area contributed by atoms with Gasteiger partial charge in [-0.05, 0) is 78.2 Å². The Balaban J connectivity index is 1.39. The Kier molecular flexibility index (Phi) is 7.91. The summed E-state index contributed by atoms with van der Waals surface area (Å²) in [5.41, 5.74) is 0.848. The number of amides is 1. The zero-order valence-electron chi connectivity index (χ0n) is 21.2. The number of halogens is 2. The average molecular weight is 614 g/mol. The van der Waals surface area contributed by atoms with Gasteiger partial charge in [-0.25, -0.2) is 8.42 Å². The van der Waals surface area contributed by atoms with Crippen molar-refractivity contribution in [1.82, 2.24) is 0 Å². The molecular formula is C29H22Cl2N2O5S2. The van der Waals surface area contributed by atoms with Gasteiger partial charge in [0.2, 0.25) is 0 Å². The number of sulfonamides is 1. The number of anilines is 2. The van der Waals surface area contributed by atoms with Gasteiger partial charge in [0.1, 0.15) is 11.5 Å². The second kappa shape index (κ2) is 11.4. The van der Waals surface area contributed by atoms with Crippen LogP contribution in [0.4, 0.5) is 11.4 Å². The van der Waals surface area contributed by atoms with E-state index in [1.54, 1.807) is 42.5 Å². The summed E-state index contributed by atoms with van der Waals surface area (Å²) in [5.74, 6) is 1.09. The number of thiophene rings is 1. The van der Waals surface area contributed by atoms with Gasteiger partial charge in [-0.15, -0.1) is 11.3 Å². The van der Waals surface area contributed by atoms with Crippen molar-refractivity contribution in [3.8, 4) is 17.2 Å². The first-order valence-corrected chi connectivity index (χ1v) is 14.9. The summed E-state index contributed by atoms with van der Waals surface area (Å²) in [6.45, 7) is 0. The minimum absolute atomic E-state index is 0.0290. The number of fused-ring (bicyclic) bond motifs is 1. The maximum Gasteiger partial charge on any atom is 0.265 e. The molecule has 5 rings (SSSR count). The molecule has 0 fully saturated rings. The number of carbonyl (C=O) groups excluding carboxylic acids is 1. The van der Waals surface area contributed by atoms with Crippen LogP contribution in [-0.4, -0.2) is 28.5 Å². The standard InChI is InChI=1S/C29H22Cl2N2O5S2/c1-33(40(35,36)22-10-12-25(37-2)23(31)17-22)20-9-13-27-18(14-20)15-28(39-27)29(34)32-24-16-19(30)8-11-26(24)38-21-6-4-3-5-7-21/h3-17H,1-2H3,(H,32,34). The first-order chi connectivity index (χ1) is 19.2. The maximum atomic E-state index is 13.3. The lowest BCUT2D eigenvalue weighted by molar-refractivity contribution is 0.103. The second-order valence-electron chi connectivity index (χ2n) is 8.61. The van der Waals surface area contributed by atoms with Crippen molar-refractivity contribution in [3.63, 3.8) is 0 Å². The summed E-state index contributed by atoms with van der Waals surface area (Å²) in [6, 6.07) is 25.4. The van der Waals surface area contributed by atoms with Gasteiger partial charge >= 0.3 is 0 Å². The van der Waals surface area contributed by atoms with Crippen LogP contribution in [0.25, 0.3) is 10.1 Å². The predicted molar refractivity (Wildman–Crippen MR) is 161 cm³/mol. The Morgan fingerprint density at radius 2 is 1.65 bits per heavy atom. The summed E-state index contributed by atoms with van der Waals surface area (Å²) in [5, 5.41) is 4.23. The van der Waals surface area contributed by atoms with E-state index in [9.17, 15) is 13.2 Å². The van der Waals surface area contributed by atoms with E-state index < -0.39 is 10.0 Å². The molecule has 1 aromatic heterocycles. The second-order valence-corrected chi connectivity index (χ2v) is 12.5. The molecule has 0 bridgehead atoms. The van der Waals surface area contributed by atoms with E-state index in [1.165, 1.54) is 48.0 Å². The van der Waals surface area contributed by atoms with Crippen LogP contribution in [0.5, 0.6) is 17.2 Å². The molecule has 0 aliphatic rings. The summed E-state index contributed by atoms with van der Waals surface area (Å²) in [6.07, 6.45) is 0. The SMILES string of the molecule is COc1ccc(S(=O)(=O)N(C)c2ccc3sc(C(=O)Nc4cc(Cl)ccc4Oc4ccccc4)cc3c2)cc1Cl. The van der Waals surface area contributed by atoms with Crippen molar-refractivity contribution in [1.29, 1.82) is 0 Å². The zero-order chi connectivity index (χ0) is 28.4. The van der Waals surface area contributed by atoms with E-state index in [4.69, 9.17) is 32.7 Å². The Morgan fingerprint density at radius 1 is 0.900 bits per heavy atom. The van der Waals surface area contributed by atoms with Gasteiger partial charge in [-0.1, -0.05) is 41.4 Å². The molecular weight excluding hydrogens is 591 g/mol. The highest BCUT2D eigenvalue weighted by Crippen LogP contribution is 2.35. The van der Waals surface area contributed by atoms with Gasteiger partial charge in [0.25, 0.3) is 15.9 Å². The third kappa shape index (κ3) is 5.73. The molecule has 0 aliphatic heterocycles. The highest BCUT2D eigenvalue weighted by atomic mass is 35.5. The van der Waals surface area contributed by atoms with Gasteiger partial charge in [-0.2, -0.15) is 0 Å². The Morgan fingerprint density at radius 3 is 2.38 bits per heavy atom. The van der Waals surface area contributed by atoms with Crippen molar-refractivity contribution >= 4 is 71.9 Å². The van der Waals surface area contributed by atoms with Crippen molar-refractivity contribution in [2.24, 2.45) is 0 Å². The lowest BCUT2D eigenvalue weighted by Gasteiger charge is -2.20. The molecule has 0 unspecified atom stereocenters. The molecule has 0 atom stereocenters. The topological polar surface area (TPSA) is 84.9 Å². The quantitative estimate of drug-likeness (QED) is 0.191. The third-order valence-corrected chi connectivity index (χ3v) is 9.46. The summed E-state index contributed by atoms with van der Waals surface area (Å²) in [4.78, 5) is 13.7. The van der Waals surface area contributed by atoms with Crippen molar-refractivity contribution < 1.29 is 22.7 Å². The molecule has 0 saturated heterocycles. The van der Waals surface area contributed by atoms with E-state index in [-0.39, 0.29) is 15.8 Å². The summed E-state index contributed by atoms with van der Waals surface area (Å²) < 4.78 is 39.6.